The van der Waals surface area contributed by atoms with Gasteiger partial charge in [0.25, 0.3) is 0 Å². The topological polar surface area (TPSA) is 126 Å². The van der Waals surface area contributed by atoms with Gasteiger partial charge < -0.3 is 25.4 Å². The number of unbranched alkanes of at least 4 members (excludes halogenated alkanes) is 9. The summed E-state index contributed by atoms with van der Waals surface area (Å²) in [6, 6.07) is 0. The lowest BCUT2D eigenvalue weighted by Gasteiger charge is -2.17. The number of hydrogen-bond donors (Lipinski definition) is 4. The Kier molecular flexibility index (Phi) is 10.6. The van der Waals surface area contributed by atoms with E-state index in [1.54, 1.807) is 23.4 Å². The van der Waals surface area contributed by atoms with Crippen molar-refractivity contribution in [3.8, 4) is 0 Å². The molecule has 0 bridgehead atoms. The van der Waals surface area contributed by atoms with E-state index in [9.17, 15) is 15.3 Å². The molecular formula is C23H39N5O4S. The van der Waals surface area contributed by atoms with Crippen LogP contribution in [0.5, 0.6) is 0 Å². The van der Waals surface area contributed by atoms with Crippen molar-refractivity contribution in [1.29, 1.82) is 0 Å². The van der Waals surface area contributed by atoms with Crippen molar-refractivity contribution in [1.82, 2.24) is 19.5 Å². The maximum absolute atomic E-state index is 10.4. The van der Waals surface area contributed by atoms with Gasteiger partial charge in [-0.1, -0.05) is 76.5 Å². The number of ether oxygens (including phenoxy) is 1. The standard InChI is InChI=1S/C23H39N5O4S/c1-3-4-5-6-7-8-9-10-11-12-13-33-23-26-20(24-2)17-21(27-23)28(15-25-17)22-19(31)18(30)16(14-29)32-22/h15-16,18-19,22,29-31H,3-14H2,1-2H3,(H,24,26,27)/t16-,18-,19-,22-/m1/s1. The number of rotatable bonds is 15. The molecule has 2 aromatic heterocycles. The van der Waals surface area contributed by atoms with E-state index >= 15 is 0 Å². The summed E-state index contributed by atoms with van der Waals surface area (Å²) in [4.78, 5) is 13.6. The number of anilines is 1. The van der Waals surface area contributed by atoms with Crippen LogP contribution in [0.3, 0.4) is 0 Å². The molecule has 3 rings (SSSR count). The van der Waals surface area contributed by atoms with E-state index in [0.29, 0.717) is 22.1 Å². The van der Waals surface area contributed by atoms with Crippen LogP contribution >= 0.6 is 11.8 Å². The van der Waals surface area contributed by atoms with Gasteiger partial charge in [-0.3, -0.25) is 4.57 Å². The van der Waals surface area contributed by atoms with Crippen LogP contribution in [0.15, 0.2) is 11.5 Å². The molecule has 9 nitrogen and oxygen atoms in total. The Morgan fingerprint density at radius 2 is 1.67 bits per heavy atom. The van der Waals surface area contributed by atoms with Gasteiger partial charge in [0.05, 0.1) is 12.9 Å². The Morgan fingerprint density at radius 3 is 2.27 bits per heavy atom. The second kappa shape index (κ2) is 13.4. The van der Waals surface area contributed by atoms with E-state index in [0.717, 1.165) is 12.2 Å². The minimum Gasteiger partial charge on any atom is -0.394 e. The summed E-state index contributed by atoms with van der Waals surface area (Å²) in [6.07, 6.45) is 10.5. The van der Waals surface area contributed by atoms with E-state index < -0.39 is 24.5 Å². The number of nitrogens with zero attached hydrogens (tertiary/aromatic N) is 4. The second-order valence-electron chi connectivity index (χ2n) is 8.69. The van der Waals surface area contributed by atoms with E-state index in [2.05, 4.69) is 27.2 Å². The van der Waals surface area contributed by atoms with Crippen LogP contribution in [0.25, 0.3) is 11.2 Å². The first-order valence-corrected chi connectivity index (χ1v) is 13.3. The number of fused-ring (bicyclic) bond motifs is 1. The molecule has 4 N–H and O–H groups in total. The lowest BCUT2D eigenvalue weighted by atomic mass is 10.1. The Balaban J connectivity index is 1.52. The van der Waals surface area contributed by atoms with Crippen LogP contribution in [0.2, 0.25) is 0 Å². The minimum absolute atomic E-state index is 0.377. The predicted molar refractivity (Wildman–Crippen MR) is 130 cm³/mol. The fraction of sp³-hybridized carbons (Fsp3) is 0.783. The van der Waals surface area contributed by atoms with E-state index in [1.165, 1.54) is 64.1 Å². The summed E-state index contributed by atoms with van der Waals surface area (Å²) in [5, 5.41) is 33.6. The smallest absolute Gasteiger partial charge is 0.191 e. The van der Waals surface area contributed by atoms with Crippen molar-refractivity contribution >= 4 is 28.7 Å². The predicted octanol–water partition coefficient (Wildman–Crippen LogP) is 3.49. The van der Waals surface area contributed by atoms with Crippen LogP contribution < -0.4 is 5.32 Å². The normalized spacial score (nSPS) is 22.9. The lowest BCUT2D eigenvalue weighted by molar-refractivity contribution is -0.0511. The summed E-state index contributed by atoms with van der Waals surface area (Å²) in [6.45, 7) is 1.88. The Hall–Kier alpha value is -1.46. The molecule has 0 amide bonds. The van der Waals surface area contributed by atoms with Crippen molar-refractivity contribution in [3.63, 3.8) is 0 Å². The van der Waals surface area contributed by atoms with Gasteiger partial charge in [-0.25, -0.2) is 15.0 Å². The monoisotopic (exact) mass is 481 g/mol. The molecule has 1 aliphatic heterocycles. The summed E-state index contributed by atoms with van der Waals surface area (Å²) in [7, 11) is 1.78. The van der Waals surface area contributed by atoms with Gasteiger partial charge in [-0.05, 0) is 6.42 Å². The van der Waals surface area contributed by atoms with E-state index in [4.69, 9.17) is 4.74 Å². The molecule has 4 atom stereocenters. The largest absolute Gasteiger partial charge is 0.394 e. The molecular weight excluding hydrogens is 442 g/mol. The highest BCUT2D eigenvalue weighted by molar-refractivity contribution is 7.99. The molecule has 1 fully saturated rings. The average molecular weight is 482 g/mol. The SMILES string of the molecule is CCCCCCCCCCCCSc1nc(NC)c2ncn([C@@H]3O[C@H](CO)[C@@H](O)[C@H]3O)c2n1. The number of thioether (sulfide) groups is 1. The van der Waals surface area contributed by atoms with Crippen molar-refractivity contribution in [2.24, 2.45) is 0 Å². The third kappa shape index (κ3) is 6.79. The van der Waals surface area contributed by atoms with Crippen LogP contribution in [0.4, 0.5) is 5.82 Å². The van der Waals surface area contributed by atoms with Gasteiger partial charge in [0.1, 0.15) is 18.3 Å². The number of aromatic nitrogens is 4. The summed E-state index contributed by atoms with van der Waals surface area (Å²) >= 11 is 1.61. The quantitative estimate of drug-likeness (QED) is 0.172. The molecule has 186 valence electrons. The first-order chi connectivity index (χ1) is 16.1. The zero-order chi connectivity index (χ0) is 23.6. The van der Waals surface area contributed by atoms with Gasteiger partial charge >= 0.3 is 0 Å². The number of nitrogens with one attached hydrogen (secondary N) is 1. The molecule has 0 aliphatic carbocycles. The van der Waals surface area contributed by atoms with Crippen molar-refractivity contribution in [2.75, 3.05) is 24.7 Å². The highest BCUT2D eigenvalue weighted by Gasteiger charge is 2.44. The zero-order valence-corrected chi connectivity index (χ0v) is 20.6. The molecule has 0 aromatic carbocycles. The lowest BCUT2D eigenvalue weighted by Crippen LogP contribution is -2.33. The van der Waals surface area contributed by atoms with Crippen molar-refractivity contribution in [2.45, 2.75) is 101 Å². The fourth-order valence-corrected chi connectivity index (χ4v) is 5.02. The maximum atomic E-state index is 10.4. The molecule has 2 aromatic rings. The van der Waals surface area contributed by atoms with Crippen LogP contribution in [-0.4, -0.2) is 72.6 Å². The highest BCUT2D eigenvalue weighted by Crippen LogP contribution is 2.33. The van der Waals surface area contributed by atoms with E-state index in [1.807, 2.05) is 0 Å². The molecule has 0 spiro atoms. The average Bonchev–Trinajstić information content (AvgIpc) is 3.37. The molecule has 10 heteroatoms. The molecule has 1 saturated heterocycles. The Labute approximate surface area is 200 Å². The maximum Gasteiger partial charge on any atom is 0.191 e. The number of aliphatic hydroxyl groups excluding tert-OH is 3. The minimum atomic E-state index is -1.18. The first-order valence-electron chi connectivity index (χ1n) is 12.3. The molecule has 0 radical (unpaired) electrons. The molecule has 0 unspecified atom stereocenters. The first kappa shape index (κ1) is 26.2. The third-order valence-corrected chi connectivity index (χ3v) is 7.09. The Morgan fingerprint density at radius 1 is 1.00 bits per heavy atom. The van der Waals surface area contributed by atoms with Gasteiger partial charge in [0.2, 0.25) is 0 Å². The van der Waals surface area contributed by atoms with Gasteiger partial charge in [-0.2, -0.15) is 0 Å². The van der Waals surface area contributed by atoms with Crippen molar-refractivity contribution in [3.05, 3.63) is 6.33 Å². The molecule has 33 heavy (non-hydrogen) atoms. The van der Waals surface area contributed by atoms with E-state index in [-0.39, 0.29) is 6.61 Å². The van der Waals surface area contributed by atoms with Gasteiger partial charge in [0.15, 0.2) is 28.4 Å². The summed E-state index contributed by atoms with van der Waals surface area (Å²) in [5.41, 5.74) is 1.09. The van der Waals surface area contributed by atoms with Gasteiger partial charge in [0, 0.05) is 12.8 Å². The number of imidazole rings is 1. The Bertz CT molecular complexity index is 852. The second-order valence-corrected chi connectivity index (χ2v) is 9.75. The van der Waals surface area contributed by atoms with Crippen molar-refractivity contribution < 1.29 is 20.1 Å². The molecule has 3 heterocycles. The van der Waals surface area contributed by atoms with Gasteiger partial charge in [-0.15, -0.1) is 0 Å². The van der Waals surface area contributed by atoms with Crippen LogP contribution in [-0.2, 0) is 4.74 Å². The zero-order valence-electron chi connectivity index (χ0n) is 19.8. The third-order valence-electron chi connectivity index (χ3n) is 6.16. The molecule has 0 saturated carbocycles. The van der Waals surface area contributed by atoms with Crippen LogP contribution in [0, 0.1) is 0 Å². The van der Waals surface area contributed by atoms with Crippen LogP contribution in [0.1, 0.15) is 77.4 Å². The molecule has 1 aliphatic rings. The number of aliphatic hydroxyl groups is 3. The number of hydrogen-bond acceptors (Lipinski definition) is 9. The summed E-state index contributed by atoms with van der Waals surface area (Å²) in [5.74, 6) is 1.55. The highest BCUT2D eigenvalue weighted by atomic mass is 32.2. The summed E-state index contributed by atoms with van der Waals surface area (Å²) < 4.78 is 7.26. The fourth-order valence-electron chi connectivity index (χ4n) is 4.18.